The Kier molecular flexibility index (Phi) is 4.51. The smallest absolute Gasteiger partial charge is 0.161 e. The monoisotopic (exact) mass is 409 g/mol. The van der Waals surface area contributed by atoms with Gasteiger partial charge in [0.1, 0.15) is 12.4 Å². The lowest BCUT2D eigenvalue weighted by Crippen LogP contribution is -2.62. The number of hydrogen-bond donors (Lipinski definition) is 1. The minimum atomic E-state index is -0.307. The lowest BCUT2D eigenvalue weighted by Gasteiger charge is -2.59. The zero-order valence-electron chi connectivity index (χ0n) is 17.9. The third-order valence-electron chi connectivity index (χ3n) is 8.13. The van der Waals surface area contributed by atoms with Crippen LogP contribution in [0.5, 0.6) is 11.5 Å². The molecule has 4 aliphatic rings. The lowest BCUT2D eigenvalue weighted by molar-refractivity contribution is -0.127. The molecular weight excluding hydrogens is 378 g/mol. The fourth-order valence-electron chi connectivity index (χ4n) is 6.77. The number of ketones is 1. The molecule has 1 aromatic carbocycles. The van der Waals surface area contributed by atoms with Crippen molar-refractivity contribution in [2.75, 3.05) is 26.8 Å². The third kappa shape index (κ3) is 2.60. The van der Waals surface area contributed by atoms with Crippen molar-refractivity contribution in [1.82, 2.24) is 4.90 Å². The standard InChI is InChI=1S/C25H31NO4/c1-4-9-26-10-7-25-14-16(27)5-6-18(25)20(26)12-17-19(24(2)8-11-30-15-24)13-21(29-3)23(28)22(17)25/h4,8,11,13,18,20,28H,1,5-7,9-10,12,14-15H2,2-3H3/t18?,20?,24?,25-/m1/s1. The molecule has 0 spiro atoms. The quantitative estimate of drug-likeness (QED) is 0.770. The molecular formula is C25H31NO4. The van der Waals surface area contributed by atoms with E-state index in [1.165, 1.54) is 5.56 Å². The van der Waals surface area contributed by atoms with Gasteiger partial charge < -0.3 is 14.6 Å². The number of ether oxygens (including phenoxy) is 2. The summed E-state index contributed by atoms with van der Waals surface area (Å²) in [4.78, 5) is 15.3. The van der Waals surface area contributed by atoms with Gasteiger partial charge in [-0.25, -0.2) is 0 Å². The number of rotatable bonds is 4. The summed E-state index contributed by atoms with van der Waals surface area (Å²) in [6.45, 7) is 8.50. The summed E-state index contributed by atoms with van der Waals surface area (Å²) < 4.78 is 11.3. The number of nitrogens with zero attached hydrogens (tertiary/aromatic N) is 1. The molecule has 30 heavy (non-hydrogen) atoms. The summed E-state index contributed by atoms with van der Waals surface area (Å²) in [6.07, 6.45) is 9.67. The first-order valence-corrected chi connectivity index (χ1v) is 11.0. The topological polar surface area (TPSA) is 59.0 Å². The zero-order chi connectivity index (χ0) is 21.1. The summed E-state index contributed by atoms with van der Waals surface area (Å²) >= 11 is 0. The highest BCUT2D eigenvalue weighted by molar-refractivity contribution is 5.82. The summed E-state index contributed by atoms with van der Waals surface area (Å²) in [7, 11) is 1.61. The fourth-order valence-corrected chi connectivity index (χ4v) is 6.77. The van der Waals surface area contributed by atoms with E-state index in [1.807, 2.05) is 12.1 Å². The SMILES string of the molecule is C=CCN1CC[C@@]23CC(=O)CCC2C1Cc1c(C2(C)C=COC2)cc(OC)c(O)c13. The third-order valence-corrected chi connectivity index (χ3v) is 8.13. The number of phenolic OH excluding ortho intramolecular Hbond substituents is 1. The van der Waals surface area contributed by atoms with Gasteiger partial charge in [-0.05, 0) is 61.9 Å². The van der Waals surface area contributed by atoms with Crippen molar-refractivity contribution < 1.29 is 19.4 Å². The summed E-state index contributed by atoms with van der Waals surface area (Å²) in [5.41, 5.74) is 2.74. The van der Waals surface area contributed by atoms with E-state index in [-0.39, 0.29) is 16.6 Å². The van der Waals surface area contributed by atoms with Gasteiger partial charge in [-0.3, -0.25) is 9.69 Å². The van der Waals surface area contributed by atoms with E-state index in [0.29, 0.717) is 42.9 Å². The molecule has 0 aromatic heterocycles. The van der Waals surface area contributed by atoms with E-state index >= 15 is 0 Å². The van der Waals surface area contributed by atoms with Crippen LogP contribution in [0.15, 0.2) is 31.1 Å². The predicted molar refractivity (Wildman–Crippen MR) is 115 cm³/mol. The molecule has 0 amide bonds. The predicted octanol–water partition coefficient (Wildman–Crippen LogP) is 3.63. The van der Waals surface area contributed by atoms with Crippen molar-refractivity contribution in [2.24, 2.45) is 5.92 Å². The second kappa shape index (κ2) is 6.88. The molecule has 1 aromatic rings. The number of Topliss-reactive ketones (excluding diaryl/α,β-unsaturated/α-hetero) is 1. The minimum absolute atomic E-state index is 0.234. The van der Waals surface area contributed by atoms with Crippen LogP contribution in [0.1, 0.15) is 49.3 Å². The van der Waals surface area contributed by atoms with Crippen LogP contribution in [-0.4, -0.2) is 48.6 Å². The van der Waals surface area contributed by atoms with Crippen LogP contribution >= 0.6 is 0 Å². The van der Waals surface area contributed by atoms with Gasteiger partial charge in [-0.15, -0.1) is 6.58 Å². The van der Waals surface area contributed by atoms with Crippen LogP contribution in [0.25, 0.3) is 0 Å². The molecule has 2 bridgehead atoms. The van der Waals surface area contributed by atoms with Crippen LogP contribution < -0.4 is 4.74 Å². The number of hydrogen-bond acceptors (Lipinski definition) is 5. The summed E-state index contributed by atoms with van der Waals surface area (Å²) in [5.74, 6) is 1.42. The van der Waals surface area contributed by atoms with E-state index in [0.717, 1.165) is 43.5 Å². The maximum atomic E-state index is 12.7. The first-order valence-electron chi connectivity index (χ1n) is 11.0. The average Bonchev–Trinajstić information content (AvgIpc) is 3.17. The number of carbonyl (C=O) groups excluding carboxylic acids is 1. The molecule has 5 rings (SSSR count). The highest BCUT2D eigenvalue weighted by Crippen LogP contribution is 2.60. The van der Waals surface area contributed by atoms with Crippen LogP contribution in [-0.2, 0) is 26.8 Å². The Morgan fingerprint density at radius 3 is 3.00 bits per heavy atom. The molecule has 2 aliphatic carbocycles. The van der Waals surface area contributed by atoms with Crippen LogP contribution in [0, 0.1) is 5.92 Å². The largest absolute Gasteiger partial charge is 0.504 e. The molecule has 4 atom stereocenters. The molecule has 2 heterocycles. The number of likely N-dealkylation sites (tertiary alicyclic amines) is 1. The van der Waals surface area contributed by atoms with Crippen molar-refractivity contribution in [1.29, 1.82) is 0 Å². The van der Waals surface area contributed by atoms with Crippen molar-refractivity contribution in [2.45, 2.75) is 55.9 Å². The van der Waals surface area contributed by atoms with Gasteiger partial charge in [0.25, 0.3) is 0 Å². The van der Waals surface area contributed by atoms with Crippen molar-refractivity contribution in [3.05, 3.63) is 47.7 Å². The Bertz CT molecular complexity index is 938. The van der Waals surface area contributed by atoms with E-state index < -0.39 is 0 Å². The fraction of sp³-hybridized carbons (Fsp3) is 0.560. The maximum absolute atomic E-state index is 12.7. The van der Waals surface area contributed by atoms with Crippen molar-refractivity contribution in [3.63, 3.8) is 0 Å². The molecule has 1 saturated carbocycles. The van der Waals surface area contributed by atoms with Gasteiger partial charge in [-0.1, -0.05) is 6.08 Å². The molecule has 5 heteroatoms. The second-order valence-corrected chi connectivity index (χ2v) is 9.68. The molecule has 1 N–H and O–H groups in total. The summed E-state index contributed by atoms with van der Waals surface area (Å²) in [6, 6.07) is 2.35. The van der Waals surface area contributed by atoms with E-state index in [9.17, 15) is 9.90 Å². The average molecular weight is 410 g/mol. The lowest BCUT2D eigenvalue weighted by atomic mass is 9.51. The first-order chi connectivity index (χ1) is 14.4. The maximum Gasteiger partial charge on any atom is 0.161 e. The van der Waals surface area contributed by atoms with Crippen LogP contribution in [0.3, 0.4) is 0 Å². The van der Waals surface area contributed by atoms with E-state index in [1.54, 1.807) is 13.4 Å². The number of carbonyl (C=O) groups is 1. The van der Waals surface area contributed by atoms with Crippen LogP contribution in [0.2, 0.25) is 0 Å². The number of aromatic hydroxyl groups is 1. The van der Waals surface area contributed by atoms with Gasteiger partial charge >= 0.3 is 0 Å². The van der Waals surface area contributed by atoms with E-state index in [4.69, 9.17) is 9.47 Å². The van der Waals surface area contributed by atoms with Gasteiger partial charge in [0.05, 0.1) is 13.4 Å². The molecule has 0 radical (unpaired) electrons. The first kappa shape index (κ1) is 19.7. The Morgan fingerprint density at radius 1 is 1.47 bits per heavy atom. The Balaban J connectivity index is 1.77. The number of methoxy groups -OCH3 is 1. The van der Waals surface area contributed by atoms with Crippen molar-refractivity contribution >= 4 is 5.78 Å². The summed E-state index contributed by atoms with van der Waals surface area (Å²) in [5, 5.41) is 11.4. The van der Waals surface area contributed by atoms with Crippen molar-refractivity contribution in [3.8, 4) is 11.5 Å². The zero-order valence-corrected chi connectivity index (χ0v) is 17.9. The van der Waals surface area contributed by atoms with Gasteiger partial charge in [0.15, 0.2) is 11.5 Å². The molecule has 160 valence electrons. The minimum Gasteiger partial charge on any atom is -0.504 e. The van der Waals surface area contributed by atoms with Gasteiger partial charge in [-0.2, -0.15) is 0 Å². The number of piperidine rings is 1. The van der Waals surface area contributed by atoms with Crippen LogP contribution in [0.4, 0.5) is 0 Å². The molecule has 2 aliphatic heterocycles. The highest BCUT2D eigenvalue weighted by atomic mass is 16.5. The van der Waals surface area contributed by atoms with Gasteiger partial charge in [0.2, 0.25) is 0 Å². The molecule has 1 saturated heterocycles. The number of fused-ring (bicyclic) bond motifs is 1. The molecule has 2 fully saturated rings. The highest BCUT2D eigenvalue weighted by Gasteiger charge is 2.57. The second-order valence-electron chi connectivity index (χ2n) is 9.68. The Morgan fingerprint density at radius 2 is 2.30 bits per heavy atom. The van der Waals surface area contributed by atoms with E-state index in [2.05, 4.69) is 24.5 Å². The number of benzene rings is 1. The Hall–Kier alpha value is -2.27. The molecule has 5 nitrogen and oxygen atoms in total. The normalized spacial score (nSPS) is 34.8. The molecule has 3 unspecified atom stereocenters. The number of phenols is 1. The van der Waals surface area contributed by atoms with Gasteiger partial charge in [0, 0.05) is 41.8 Å². The Labute approximate surface area is 178 Å².